The highest BCUT2D eigenvalue weighted by Gasteiger charge is 2.36. The molecule has 2 rings (SSSR count). The van der Waals surface area contributed by atoms with Crippen LogP contribution in [0.5, 0.6) is 0 Å². The van der Waals surface area contributed by atoms with E-state index in [0.717, 1.165) is 12.1 Å². The Kier molecular flexibility index (Phi) is 3.99. The fourth-order valence-corrected chi connectivity index (χ4v) is 2.02. The maximum Gasteiger partial charge on any atom is 0.416 e. The number of carbonyl (C=O) groups is 2. The molecule has 9 heteroatoms. The summed E-state index contributed by atoms with van der Waals surface area (Å²) < 4.78 is 37.4. The molecule has 1 aromatic rings. The lowest BCUT2D eigenvalue weighted by Gasteiger charge is -2.36. The summed E-state index contributed by atoms with van der Waals surface area (Å²) in [5.41, 5.74) is -0.881. The zero-order valence-electron chi connectivity index (χ0n) is 10.4. The number of alkyl halides is 3. The van der Waals surface area contributed by atoms with Gasteiger partial charge < -0.3 is 15.3 Å². The largest absolute Gasteiger partial charge is 0.481 e. The summed E-state index contributed by atoms with van der Waals surface area (Å²) in [6, 6.07) is 1.97. The van der Waals surface area contributed by atoms with Gasteiger partial charge in [0.2, 0.25) is 0 Å². The number of carboxylic acids is 1. The number of nitrogens with one attached hydrogen (secondary N) is 1. The predicted molar refractivity (Wildman–Crippen MR) is 68.2 cm³/mol. The van der Waals surface area contributed by atoms with Gasteiger partial charge in [-0.1, -0.05) is 11.6 Å². The highest BCUT2D eigenvalue weighted by Crippen LogP contribution is 2.34. The Morgan fingerprint density at radius 1 is 1.33 bits per heavy atom. The van der Waals surface area contributed by atoms with E-state index in [1.54, 1.807) is 0 Å². The van der Waals surface area contributed by atoms with Crippen LogP contribution in [0.25, 0.3) is 0 Å². The molecule has 0 saturated carbocycles. The maximum absolute atomic E-state index is 12.5. The molecule has 21 heavy (non-hydrogen) atoms. The molecule has 0 radical (unpaired) electrons. The van der Waals surface area contributed by atoms with Crippen molar-refractivity contribution in [3.8, 4) is 0 Å². The summed E-state index contributed by atoms with van der Waals surface area (Å²) in [6.45, 7) is 0.110. The van der Waals surface area contributed by atoms with E-state index in [1.807, 2.05) is 0 Å². The number of hydrogen-bond donors (Lipinski definition) is 2. The first-order chi connectivity index (χ1) is 9.68. The van der Waals surface area contributed by atoms with Gasteiger partial charge in [0.25, 0.3) is 0 Å². The molecular formula is C12H10ClF3N2O3. The third-order valence-electron chi connectivity index (χ3n) is 3.06. The molecule has 1 aromatic carbocycles. The van der Waals surface area contributed by atoms with Crippen LogP contribution in [-0.2, 0) is 11.0 Å². The minimum atomic E-state index is -4.52. The number of hydrogen-bond acceptors (Lipinski definition) is 2. The number of aliphatic carboxylic acids is 1. The monoisotopic (exact) mass is 322 g/mol. The fraction of sp³-hybridized carbons (Fsp3) is 0.333. The summed E-state index contributed by atoms with van der Waals surface area (Å²) in [4.78, 5) is 23.6. The van der Waals surface area contributed by atoms with E-state index in [-0.39, 0.29) is 23.8 Å². The Morgan fingerprint density at radius 2 is 1.95 bits per heavy atom. The van der Waals surface area contributed by atoms with Gasteiger partial charge in [-0.05, 0) is 18.2 Å². The van der Waals surface area contributed by atoms with Crippen molar-refractivity contribution in [2.75, 3.05) is 18.4 Å². The van der Waals surface area contributed by atoms with Crippen LogP contribution in [0.3, 0.4) is 0 Å². The predicted octanol–water partition coefficient (Wildman–Crippen LogP) is 2.91. The second kappa shape index (κ2) is 5.44. The molecule has 1 saturated heterocycles. The van der Waals surface area contributed by atoms with Crippen molar-refractivity contribution < 1.29 is 27.9 Å². The Morgan fingerprint density at radius 3 is 2.43 bits per heavy atom. The van der Waals surface area contributed by atoms with Crippen molar-refractivity contribution >= 4 is 29.3 Å². The normalized spacial score (nSPS) is 15.5. The molecule has 0 atom stereocenters. The van der Waals surface area contributed by atoms with Crippen LogP contribution in [0.4, 0.5) is 23.7 Å². The molecule has 2 amide bonds. The lowest BCUT2D eigenvalue weighted by Crippen LogP contribution is -2.54. The summed E-state index contributed by atoms with van der Waals surface area (Å²) in [5.74, 6) is -1.61. The van der Waals surface area contributed by atoms with Gasteiger partial charge in [-0.2, -0.15) is 13.2 Å². The van der Waals surface area contributed by atoms with E-state index >= 15 is 0 Å². The highest BCUT2D eigenvalue weighted by atomic mass is 35.5. The third kappa shape index (κ3) is 3.38. The number of nitrogens with zero attached hydrogens (tertiary/aromatic N) is 1. The number of urea groups is 1. The van der Waals surface area contributed by atoms with E-state index in [4.69, 9.17) is 16.7 Å². The summed E-state index contributed by atoms with van der Waals surface area (Å²) in [6.07, 6.45) is -4.52. The Bertz CT molecular complexity index is 586. The molecule has 1 aliphatic heterocycles. The van der Waals surface area contributed by atoms with Gasteiger partial charge in [0, 0.05) is 13.1 Å². The first kappa shape index (κ1) is 15.4. The zero-order chi connectivity index (χ0) is 15.8. The lowest BCUT2D eigenvalue weighted by atomic mass is 10.0. The standard InChI is InChI=1S/C12H10ClF3N2O3/c13-8-3-7(12(14,15)16)1-2-9(8)17-11(21)18-4-6(5-18)10(19)20/h1-3,6H,4-5H2,(H,17,21)(H,19,20). The van der Waals surface area contributed by atoms with Crippen LogP contribution in [0, 0.1) is 5.92 Å². The minimum absolute atomic E-state index is 0.0356. The molecule has 0 spiro atoms. The smallest absolute Gasteiger partial charge is 0.416 e. The van der Waals surface area contributed by atoms with Gasteiger partial charge in [0.15, 0.2) is 0 Å². The van der Waals surface area contributed by atoms with E-state index in [9.17, 15) is 22.8 Å². The van der Waals surface area contributed by atoms with E-state index in [1.165, 1.54) is 4.90 Å². The van der Waals surface area contributed by atoms with Crippen molar-refractivity contribution in [2.24, 2.45) is 5.92 Å². The van der Waals surface area contributed by atoms with Crippen LogP contribution in [-0.4, -0.2) is 35.1 Å². The molecule has 0 aliphatic carbocycles. The van der Waals surface area contributed by atoms with Gasteiger partial charge in [-0.25, -0.2) is 4.79 Å². The van der Waals surface area contributed by atoms with Gasteiger partial charge in [-0.3, -0.25) is 4.79 Å². The van der Waals surface area contributed by atoms with Crippen molar-refractivity contribution in [3.05, 3.63) is 28.8 Å². The third-order valence-corrected chi connectivity index (χ3v) is 3.37. The van der Waals surface area contributed by atoms with Gasteiger partial charge in [0.05, 0.1) is 22.2 Å². The van der Waals surface area contributed by atoms with E-state index < -0.39 is 29.7 Å². The Hall–Kier alpha value is -1.96. The summed E-state index contributed by atoms with van der Waals surface area (Å²) >= 11 is 5.70. The first-order valence-electron chi connectivity index (χ1n) is 5.84. The van der Waals surface area contributed by atoms with Crippen molar-refractivity contribution in [3.63, 3.8) is 0 Å². The number of amides is 2. The molecule has 1 aliphatic rings. The number of halogens is 4. The maximum atomic E-state index is 12.5. The van der Waals surface area contributed by atoms with Crippen LogP contribution in [0.2, 0.25) is 5.02 Å². The second-order valence-corrected chi connectivity index (χ2v) is 4.97. The number of rotatable bonds is 2. The van der Waals surface area contributed by atoms with E-state index in [0.29, 0.717) is 6.07 Å². The average molecular weight is 323 g/mol. The molecular weight excluding hydrogens is 313 g/mol. The lowest BCUT2D eigenvalue weighted by molar-refractivity contribution is -0.146. The quantitative estimate of drug-likeness (QED) is 0.879. The summed E-state index contributed by atoms with van der Waals surface area (Å²) in [7, 11) is 0. The van der Waals surface area contributed by atoms with Crippen LogP contribution >= 0.6 is 11.6 Å². The zero-order valence-corrected chi connectivity index (χ0v) is 11.2. The molecule has 0 aromatic heterocycles. The summed E-state index contributed by atoms with van der Waals surface area (Å²) in [5, 5.41) is 10.8. The number of likely N-dealkylation sites (tertiary alicyclic amines) is 1. The Balaban J connectivity index is 2.01. The molecule has 5 nitrogen and oxygen atoms in total. The minimum Gasteiger partial charge on any atom is -0.481 e. The second-order valence-electron chi connectivity index (χ2n) is 4.56. The van der Waals surface area contributed by atoms with Crippen LogP contribution < -0.4 is 5.32 Å². The van der Waals surface area contributed by atoms with Crippen LogP contribution in [0.15, 0.2) is 18.2 Å². The number of carboxylic acid groups (broad SMARTS) is 1. The van der Waals surface area contributed by atoms with Crippen molar-refractivity contribution in [2.45, 2.75) is 6.18 Å². The first-order valence-corrected chi connectivity index (χ1v) is 6.22. The molecule has 1 fully saturated rings. The topological polar surface area (TPSA) is 69.6 Å². The SMILES string of the molecule is O=C(O)C1CN(C(=O)Nc2ccc(C(F)(F)F)cc2Cl)C1. The molecule has 0 bridgehead atoms. The van der Waals surface area contributed by atoms with Gasteiger partial charge in [-0.15, -0.1) is 0 Å². The van der Waals surface area contributed by atoms with E-state index in [2.05, 4.69) is 5.32 Å². The molecule has 0 unspecified atom stereocenters. The highest BCUT2D eigenvalue weighted by molar-refractivity contribution is 6.33. The number of benzene rings is 1. The van der Waals surface area contributed by atoms with Crippen molar-refractivity contribution in [1.29, 1.82) is 0 Å². The van der Waals surface area contributed by atoms with Crippen molar-refractivity contribution in [1.82, 2.24) is 4.90 Å². The average Bonchev–Trinajstić information content (AvgIpc) is 2.27. The number of carbonyl (C=O) groups excluding carboxylic acids is 1. The molecule has 1 heterocycles. The Labute approximate surface area is 122 Å². The molecule has 114 valence electrons. The van der Waals surface area contributed by atoms with Gasteiger partial charge >= 0.3 is 18.2 Å². The van der Waals surface area contributed by atoms with Gasteiger partial charge in [0.1, 0.15) is 0 Å². The fourth-order valence-electron chi connectivity index (χ4n) is 1.79. The molecule has 2 N–H and O–H groups in total. The number of anilines is 1. The van der Waals surface area contributed by atoms with Crippen LogP contribution in [0.1, 0.15) is 5.56 Å².